The van der Waals surface area contributed by atoms with Gasteiger partial charge in [-0.3, -0.25) is 0 Å². The van der Waals surface area contributed by atoms with Crippen molar-refractivity contribution in [2.75, 3.05) is 0 Å². The van der Waals surface area contributed by atoms with Gasteiger partial charge in [-0.1, -0.05) is 96.8 Å². The predicted molar refractivity (Wildman–Crippen MR) is 115 cm³/mol. The van der Waals surface area contributed by atoms with Crippen LogP contribution < -0.4 is 17.0 Å². The molecule has 0 bridgehead atoms. The van der Waals surface area contributed by atoms with Crippen molar-refractivity contribution >= 4 is 0 Å². The number of aryl methyl sites for hydroxylation is 2. The predicted octanol–water partition coefficient (Wildman–Crippen LogP) is 4.23. The van der Waals surface area contributed by atoms with E-state index in [1.807, 2.05) is 0 Å². The lowest BCUT2D eigenvalue weighted by Gasteiger charge is -2.04. The maximum absolute atomic E-state index is 2.41. The maximum atomic E-state index is 2.41. The molecular formula is C24H47ClN2. The maximum Gasteiger partial charge on any atom is 0.256 e. The van der Waals surface area contributed by atoms with E-state index in [4.69, 9.17) is 0 Å². The first-order chi connectivity index (χ1) is 12.8. The van der Waals surface area contributed by atoms with Gasteiger partial charge in [0.1, 0.15) is 12.4 Å². The first kappa shape index (κ1) is 26.5. The fourth-order valence-electron chi connectivity index (χ4n) is 4.02. The Kier molecular flexibility index (Phi) is 18.5. The second-order valence-electron chi connectivity index (χ2n) is 7.99. The van der Waals surface area contributed by atoms with Crippen LogP contribution in [0.5, 0.6) is 0 Å². The van der Waals surface area contributed by atoms with Crippen molar-refractivity contribution in [3.8, 4) is 0 Å². The minimum Gasteiger partial charge on any atom is -1.00 e. The molecule has 1 rings (SSSR count). The van der Waals surface area contributed by atoms with Crippen LogP contribution in [0, 0.1) is 0 Å². The lowest BCUT2D eigenvalue weighted by atomic mass is 10.0. The summed E-state index contributed by atoms with van der Waals surface area (Å²) in [7, 11) is 0. The fraction of sp³-hybridized carbons (Fsp3) is 0.875. The second-order valence-corrected chi connectivity index (χ2v) is 7.99. The summed E-state index contributed by atoms with van der Waals surface area (Å²) in [5, 5.41) is 0. The average Bonchev–Trinajstić information content (AvgIpc) is 3.06. The van der Waals surface area contributed by atoms with Gasteiger partial charge in [0.15, 0.2) is 0 Å². The van der Waals surface area contributed by atoms with Gasteiger partial charge in [0.05, 0.1) is 13.1 Å². The van der Waals surface area contributed by atoms with Crippen molar-refractivity contribution in [3.63, 3.8) is 0 Å². The van der Waals surface area contributed by atoms with Gasteiger partial charge in [0, 0.05) is 6.42 Å². The number of hydrogen-bond acceptors (Lipinski definition) is 0. The van der Waals surface area contributed by atoms with Gasteiger partial charge in [0.2, 0.25) is 0 Å². The summed E-state index contributed by atoms with van der Waals surface area (Å²) >= 11 is 0. The van der Waals surface area contributed by atoms with Crippen molar-refractivity contribution < 1.29 is 17.0 Å². The molecule has 1 aromatic heterocycles. The monoisotopic (exact) mass is 398 g/mol. The van der Waals surface area contributed by atoms with Gasteiger partial charge < -0.3 is 12.4 Å². The van der Waals surface area contributed by atoms with Crippen LogP contribution in [0.15, 0.2) is 12.4 Å². The molecule has 0 radical (unpaired) electrons. The molecule has 2 nitrogen and oxygen atoms in total. The van der Waals surface area contributed by atoms with Crippen molar-refractivity contribution in [3.05, 3.63) is 18.2 Å². The molecule has 0 amide bonds. The number of rotatable bonds is 18. The Labute approximate surface area is 176 Å². The molecule has 0 aromatic carbocycles. The van der Waals surface area contributed by atoms with Gasteiger partial charge >= 0.3 is 0 Å². The highest BCUT2D eigenvalue weighted by Gasteiger charge is 2.13. The Hall–Kier alpha value is -0.500. The van der Waals surface area contributed by atoms with E-state index in [1.165, 1.54) is 109 Å². The van der Waals surface area contributed by atoms with Crippen LogP contribution >= 0.6 is 0 Å². The summed E-state index contributed by atoms with van der Waals surface area (Å²) in [5.74, 6) is 1.52. The van der Waals surface area contributed by atoms with E-state index in [0.717, 1.165) is 13.1 Å². The van der Waals surface area contributed by atoms with Crippen LogP contribution in [0.2, 0.25) is 0 Å². The number of aromatic nitrogens is 2. The Balaban J connectivity index is 0.00000676. The van der Waals surface area contributed by atoms with Gasteiger partial charge in [0.25, 0.3) is 5.82 Å². The summed E-state index contributed by atoms with van der Waals surface area (Å²) in [6.45, 7) is 8.99. The van der Waals surface area contributed by atoms with Crippen LogP contribution in [0.25, 0.3) is 0 Å². The zero-order valence-electron chi connectivity index (χ0n) is 18.7. The quantitative estimate of drug-likeness (QED) is 0.258. The second kappa shape index (κ2) is 18.8. The summed E-state index contributed by atoms with van der Waals surface area (Å²) < 4.78 is 4.82. The number of imidazole rings is 1. The molecule has 0 N–H and O–H groups in total. The van der Waals surface area contributed by atoms with E-state index >= 15 is 0 Å². The molecule has 0 aliphatic heterocycles. The molecule has 0 spiro atoms. The minimum atomic E-state index is 0. The highest BCUT2D eigenvalue weighted by molar-refractivity contribution is 4.83. The summed E-state index contributed by atoms with van der Waals surface area (Å²) in [5.41, 5.74) is 0. The first-order valence-electron chi connectivity index (χ1n) is 11.9. The van der Waals surface area contributed by atoms with Gasteiger partial charge in [-0.2, -0.15) is 0 Å². The zero-order valence-corrected chi connectivity index (χ0v) is 19.4. The lowest BCUT2D eigenvalue weighted by molar-refractivity contribution is -0.700. The van der Waals surface area contributed by atoms with Gasteiger partial charge in [-0.15, -0.1) is 0 Å². The minimum absolute atomic E-state index is 0. The van der Waals surface area contributed by atoms with Crippen molar-refractivity contribution in [1.29, 1.82) is 0 Å². The van der Waals surface area contributed by atoms with E-state index in [0.29, 0.717) is 0 Å². The van der Waals surface area contributed by atoms with Crippen molar-refractivity contribution in [2.45, 2.75) is 137 Å². The average molecular weight is 399 g/mol. The smallest absolute Gasteiger partial charge is 0.256 e. The van der Waals surface area contributed by atoms with Crippen LogP contribution in [0.1, 0.15) is 123 Å². The Morgan fingerprint density at radius 2 is 1.11 bits per heavy atom. The Morgan fingerprint density at radius 1 is 0.667 bits per heavy atom. The van der Waals surface area contributed by atoms with Crippen LogP contribution in [-0.2, 0) is 19.5 Å². The Morgan fingerprint density at radius 3 is 1.52 bits per heavy atom. The zero-order chi connectivity index (χ0) is 18.9. The third-order valence-corrected chi connectivity index (χ3v) is 5.77. The van der Waals surface area contributed by atoms with E-state index in [1.54, 1.807) is 0 Å². The topological polar surface area (TPSA) is 8.81 Å². The molecule has 160 valence electrons. The largest absolute Gasteiger partial charge is 1.00 e. The molecule has 0 saturated carbocycles. The molecule has 0 saturated heterocycles. The number of unbranched alkanes of at least 4 members (excludes halogenated alkanes) is 14. The number of halogens is 1. The summed E-state index contributed by atoms with van der Waals surface area (Å²) in [4.78, 5) is 0. The third kappa shape index (κ3) is 12.5. The van der Waals surface area contributed by atoms with E-state index in [-0.39, 0.29) is 12.4 Å². The lowest BCUT2D eigenvalue weighted by Crippen LogP contribution is -3.00. The highest BCUT2D eigenvalue weighted by Crippen LogP contribution is 2.14. The van der Waals surface area contributed by atoms with Crippen molar-refractivity contribution in [1.82, 2.24) is 4.57 Å². The van der Waals surface area contributed by atoms with Gasteiger partial charge in [-0.05, 0) is 20.3 Å². The standard InChI is InChI=1S/C24H47N2.ClH/c1-4-7-8-9-10-11-12-13-14-15-16-17-18-19-20-21-24-25(5-2)22-23-26(24)6-3;/h22-23H,4-21H2,1-3H3;1H/q+1;/p-1. The van der Waals surface area contributed by atoms with Crippen LogP contribution in [0.4, 0.5) is 0 Å². The van der Waals surface area contributed by atoms with Crippen LogP contribution in [-0.4, -0.2) is 4.57 Å². The molecule has 1 heterocycles. The molecule has 3 heteroatoms. The molecule has 0 atom stereocenters. The molecule has 0 aliphatic carbocycles. The van der Waals surface area contributed by atoms with Crippen molar-refractivity contribution in [2.24, 2.45) is 0 Å². The molecule has 0 aliphatic rings. The van der Waals surface area contributed by atoms with E-state index in [9.17, 15) is 0 Å². The highest BCUT2D eigenvalue weighted by atomic mass is 35.5. The van der Waals surface area contributed by atoms with Gasteiger partial charge in [-0.25, -0.2) is 9.13 Å². The molecule has 0 fully saturated rings. The van der Waals surface area contributed by atoms with E-state index in [2.05, 4.69) is 42.3 Å². The normalized spacial score (nSPS) is 10.9. The van der Waals surface area contributed by atoms with Crippen LogP contribution in [0.3, 0.4) is 0 Å². The molecule has 27 heavy (non-hydrogen) atoms. The SMILES string of the molecule is CCCCCCCCCCCCCCCCCc1n(CC)cc[n+]1CC.[Cl-]. The summed E-state index contributed by atoms with van der Waals surface area (Å²) in [6.07, 6.45) is 27.3. The molecular weight excluding hydrogens is 352 g/mol. The number of nitrogens with zero attached hydrogens (tertiary/aromatic N) is 2. The Bertz CT molecular complexity index is 407. The molecule has 0 unspecified atom stereocenters. The fourth-order valence-corrected chi connectivity index (χ4v) is 4.02. The summed E-state index contributed by atoms with van der Waals surface area (Å²) in [6, 6.07) is 0. The van der Waals surface area contributed by atoms with E-state index < -0.39 is 0 Å². The third-order valence-electron chi connectivity index (χ3n) is 5.77. The molecule has 1 aromatic rings. The first-order valence-corrected chi connectivity index (χ1v) is 11.9. The number of hydrogen-bond donors (Lipinski definition) is 0.